The lowest BCUT2D eigenvalue weighted by atomic mass is 10.2. The molecule has 1 heterocycles. The van der Waals surface area contributed by atoms with Crippen LogP contribution in [0.1, 0.15) is 12.8 Å². The molecule has 9 heavy (non-hydrogen) atoms. The van der Waals surface area contributed by atoms with Gasteiger partial charge in [-0.05, 0) is 12.2 Å². The maximum absolute atomic E-state index is 10.9. The summed E-state index contributed by atoms with van der Waals surface area (Å²) < 4.78 is 4.92. The van der Waals surface area contributed by atoms with Gasteiger partial charge in [-0.3, -0.25) is 4.79 Å². The minimum Gasteiger partial charge on any atom is -0.363 e. The standard InChI is InChI=1S/C6H10O2S/c1-8-6-5(7)3-2-4-9-6/h6H,2-4H2,1H3. The van der Waals surface area contributed by atoms with Gasteiger partial charge in [0, 0.05) is 13.5 Å². The number of rotatable bonds is 1. The normalized spacial score (nSPS) is 28.6. The fourth-order valence-corrected chi connectivity index (χ4v) is 1.81. The van der Waals surface area contributed by atoms with E-state index >= 15 is 0 Å². The summed E-state index contributed by atoms with van der Waals surface area (Å²) in [4.78, 5) is 10.9. The van der Waals surface area contributed by atoms with Gasteiger partial charge in [0.05, 0.1) is 0 Å². The molecule has 0 N–H and O–H groups in total. The van der Waals surface area contributed by atoms with Crippen molar-refractivity contribution in [3.05, 3.63) is 0 Å². The van der Waals surface area contributed by atoms with Crippen molar-refractivity contribution in [3.63, 3.8) is 0 Å². The maximum Gasteiger partial charge on any atom is 0.171 e. The smallest absolute Gasteiger partial charge is 0.171 e. The monoisotopic (exact) mass is 146 g/mol. The summed E-state index contributed by atoms with van der Waals surface area (Å²) in [6, 6.07) is 0. The van der Waals surface area contributed by atoms with Gasteiger partial charge in [0.25, 0.3) is 0 Å². The largest absolute Gasteiger partial charge is 0.363 e. The first-order valence-electron chi connectivity index (χ1n) is 3.01. The minimum atomic E-state index is -0.168. The van der Waals surface area contributed by atoms with Crippen LogP contribution in [-0.4, -0.2) is 24.1 Å². The average molecular weight is 146 g/mol. The number of carbonyl (C=O) groups is 1. The highest BCUT2D eigenvalue weighted by atomic mass is 32.2. The van der Waals surface area contributed by atoms with Crippen LogP contribution in [0.2, 0.25) is 0 Å². The van der Waals surface area contributed by atoms with Crippen LogP contribution in [0.3, 0.4) is 0 Å². The molecule has 0 aromatic rings. The molecule has 1 fully saturated rings. The zero-order chi connectivity index (χ0) is 6.69. The van der Waals surface area contributed by atoms with E-state index in [-0.39, 0.29) is 11.2 Å². The lowest BCUT2D eigenvalue weighted by molar-refractivity contribution is -0.124. The van der Waals surface area contributed by atoms with Crippen molar-refractivity contribution in [2.45, 2.75) is 18.3 Å². The SMILES string of the molecule is COC1SCCCC1=O. The highest BCUT2D eigenvalue weighted by molar-refractivity contribution is 8.00. The van der Waals surface area contributed by atoms with Gasteiger partial charge in [-0.2, -0.15) is 0 Å². The number of methoxy groups -OCH3 is 1. The molecule has 2 nitrogen and oxygen atoms in total. The summed E-state index contributed by atoms with van der Waals surface area (Å²) in [7, 11) is 1.58. The van der Waals surface area contributed by atoms with E-state index in [9.17, 15) is 4.79 Å². The Labute approximate surface area is 59.0 Å². The molecule has 0 saturated carbocycles. The third kappa shape index (κ3) is 1.69. The molecule has 0 aliphatic carbocycles. The summed E-state index contributed by atoms with van der Waals surface area (Å²) in [5.74, 6) is 1.30. The van der Waals surface area contributed by atoms with Gasteiger partial charge >= 0.3 is 0 Å². The summed E-state index contributed by atoms with van der Waals surface area (Å²) in [5.41, 5.74) is -0.168. The van der Waals surface area contributed by atoms with Gasteiger partial charge in [-0.1, -0.05) is 0 Å². The van der Waals surface area contributed by atoms with Crippen LogP contribution in [0.4, 0.5) is 0 Å². The number of carbonyl (C=O) groups excluding carboxylic acids is 1. The van der Waals surface area contributed by atoms with E-state index in [4.69, 9.17) is 4.74 Å². The topological polar surface area (TPSA) is 26.3 Å². The molecule has 1 aliphatic heterocycles. The van der Waals surface area contributed by atoms with Gasteiger partial charge < -0.3 is 4.74 Å². The Bertz CT molecular complexity index is 114. The number of thioether (sulfide) groups is 1. The van der Waals surface area contributed by atoms with E-state index in [1.54, 1.807) is 18.9 Å². The van der Waals surface area contributed by atoms with E-state index < -0.39 is 0 Å². The second-order valence-electron chi connectivity index (χ2n) is 2.01. The Morgan fingerprint density at radius 1 is 1.78 bits per heavy atom. The molecule has 0 aromatic heterocycles. The molecule has 1 rings (SSSR count). The van der Waals surface area contributed by atoms with Gasteiger partial charge in [-0.25, -0.2) is 0 Å². The molecule has 0 spiro atoms. The van der Waals surface area contributed by atoms with Crippen molar-refractivity contribution in [1.82, 2.24) is 0 Å². The van der Waals surface area contributed by atoms with E-state index in [1.165, 1.54) is 0 Å². The van der Waals surface area contributed by atoms with Crippen LogP contribution >= 0.6 is 11.8 Å². The van der Waals surface area contributed by atoms with Gasteiger partial charge in [-0.15, -0.1) is 11.8 Å². The fourth-order valence-electron chi connectivity index (χ4n) is 0.847. The molecule has 52 valence electrons. The first kappa shape index (κ1) is 7.09. The minimum absolute atomic E-state index is 0.168. The second kappa shape index (κ2) is 3.22. The lowest BCUT2D eigenvalue weighted by Crippen LogP contribution is -2.23. The van der Waals surface area contributed by atoms with Crippen LogP contribution in [0.15, 0.2) is 0 Å². The molecular weight excluding hydrogens is 136 g/mol. The van der Waals surface area contributed by atoms with Gasteiger partial charge in [0.1, 0.15) is 0 Å². The van der Waals surface area contributed by atoms with E-state index in [2.05, 4.69) is 0 Å². The van der Waals surface area contributed by atoms with Crippen molar-refractivity contribution < 1.29 is 9.53 Å². The average Bonchev–Trinajstić information content (AvgIpc) is 1.89. The van der Waals surface area contributed by atoms with Crippen molar-refractivity contribution >= 4 is 17.5 Å². The molecule has 0 aromatic carbocycles. The van der Waals surface area contributed by atoms with Crippen LogP contribution in [0.5, 0.6) is 0 Å². The lowest BCUT2D eigenvalue weighted by Gasteiger charge is -2.17. The third-order valence-corrected chi connectivity index (χ3v) is 2.60. The van der Waals surface area contributed by atoms with Crippen LogP contribution in [0.25, 0.3) is 0 Å². The Morgan fingerprint density at radius 3 is 3.00 bits per heavy atom. The number of Topliss-reactive ketones (excluding diaryl/α,β-unsaturated/α-hetero) is 1. The summed E-state index contributed by atoms with van der Waals surface area (Å²) in [6.07, 6.45) is 1.72. The number of hydrogen-bond acceptors (Lipinski definition) is 3. The zero-order valence-electron chi connectivity index (χ0n) is 5.42. The Morgan fingerprint density at radius 2 is 2.56 bits per heavy atom. The molecule has 1 atom stereocenters. The summed E-state index contributed by atoms with van der Waals surface area (Å²) >= 11 is 1.60. The first-order valence-corrected chi connectivity index (χ1v) is 4.06. The Hall–Kier alpha value is -0.0200. The predicted molar refractivity (Wildman–Crippen MR) is 37.5 cm³/mol. The molecule has 1 aliphatic rings. The fraction of sp³-hybridized carbons (Fsp3) is 0.833. The van der Waals surface area contributed by atoms with Gasteiger partial charge in [0.15, 0.2) is 11.2 Å². The number of ketones is 1. The van der Waals surface area contributed by atoms with Crippen LogP contribution in [-0.2, 0) is 9.53 Å². The van der Waals surface area contributed by atoms with Crippen molar-refractivity contribution in [2.24, 2.45) is 0 Å². The van der Waals surface area contributed by atoms with E-state index in [0.717, 1.165) is 12.2 Å². The quantitative estimate of drug-likeness (QED) is 0.553. The molecule has 1 unspecified atom stereocenters. The maximum atomic E-state index is 10.9. The molecular formula is C6H10O2S. The number of ether oxygens (including phenoxy) is 1. The summed E-state index contributed by atoms with van der Waals surface area (Å²) in [6.45, 7) is 0. The van der Waals surface area contributed by atoms with Crippen molar-refractivity contribution in [2.75, 3.05) is 12.9 Å². The van der Waals surface area contributed by atoms with E-state index in [1.807, 2.05) is 0 Å². The highest BCUT2D eigenvalue weighted by Crippen LogP contribution is 2.21. The van der Waals surface area contributed by atoms with E-state index in [0.29, 0.717) is 6.42 Å². The second-order valence-corrected chi connectivity index (χ2v) is 3.18. The third-order valence-electron chi connectivity index (χ3n) is 1.31. The molecule has 3 heteroatoms. The van der Waals surface area contributed by atoms with Crippen molar-refractivity contribution in [3.8, 4) is 0 Å². The molecule has 1 saturated heterocycles. The predicted octanol–water partition coefficient (Wildman–Crippen LogP) is 1.05. The number of hydrogen-bond donors (Lipinski definition) is 0. The Kier molecular flexibility index (Phi) is 2.54. The Balaban J connectivity index is 2.39. The van der Waals surface area contributed by atoms with Crippen molar-refractivity contribution in [1.29, 1.82) is 0 Å². The van der Waals surface area contributed by atoms with Crippen LogP contribution < -0.4 is 0 Å². The van der Waals surface area contributed by atoms with Gasteiger partial charge in [0.2, 0.25) is 0 Å². The molecule has 0 bridgehead atoms. The molecule has 0 radical (unpaired) electrons. The highest BCUT2D eigenvalue weighted by Gasteiger charge is 2.21. The first-order chi connectivity index (χ1) is 4.34. The summed E-state index contributed by atoms with van der Waals surface area (Å²) in [5, 5.41) is 0. The molecule has 0 amide bonds. The zero-order valence-corrected chi connectivity index (χ0v) is 6.24. The van der Waals surface area contributed by atoms with Crippen LogP contribution in [0, 0.1) is 0 Å².